The number of ketones is 1. The Labute approximate surface area is 106 Å². The summed E-state index contributed by atoms with van der Waals surface area (Å²) < 4.78 is -0.393. The molecule has 0 amide bonds. The van der Waals surface area contributed by atoms with Crippen LogP contribution in [0.1, 0.15) is 10.4 Å². The number of nitrogens with zero attached hydrogens (tertiary/aromatic N) is 2. The summed E-state index contributed by atoms with van der Waals surface area (Å²) in [6.07, 6.45) is -0.859. The van der Waals surface area contributed by atoms with E-state index in [-0.39, 0.29) is 12.3 Å². The maximum atomic E-state index is 12.0. The minimum Gasteiger partial charge on any atom is -0.342 e. The van der Waals surface area contributed by atoms with Gasteiger partial charge in [0, 0.05) is 5.56 Å². The highest BCUT2D eigenvalue weighted by molar-refractivity contribution is 5.97. The Morgan fingerprint density at radius 1 is 1.44 bits per heavy atom. The zero-order valence-corrected chi connectivity index (χ0v) is 10.5. The number of carbonyl (C=O) groups excluding carboxylic acids is 1. The van der Waals surface area contributed by atoms with E-state index in [0.29, 0.717) is 25.2 Å². The molecule has 1 aliphatic rings. The number of β-amino-alcohol motifs (C(OH)–C–C–N with tert-alkyl or cyclic N) is 1. The summed E-state index contributed by atoms with van der Waals surface area (Å²) in [5, 5.41) is 19.5. The van der Waals surface area contributed by atoms with Gasteiger partial charge < -0.3 is 5.11 Å². The van der Waals surface area contributed by atoms with Crippen molar-refractivity contribution in [3.63, 3.8) is 0 Å². The molecule has 2 atom stereocenters. The minimum atomic E-state index is -0.859. The molecular weight excluding hydrogens is 232 g/mol. The molecule has 1 aliphatic heterocycles. The highest BCUT2D eigenvalue weighted by Gasteiger charge is 2.37. The molecule has 1 saturated heterocycles. The summed E-state index contributed by atoms with van der Waals surface area (Å²) >= 11 is 0. The van der Waals surface area contributed by atoms with E-state index in [1.54, 1.807) is 19.2 Å². The first kappa shape index (κ1) is 13.2. The number of Topliss-reactive ketones (excluding diaryl/α,β-unsaturated/α-hetero) is 1. The van der Waals surface area contributed by atoms with Crippen LogP contribution < -0.4 is 0 Å². The third-order valence-electron chi connectivity index (χ3n) is 3.40. The smallest absolute Gasteiger partial charge is 0.233 e. The van der Waals surface area contributed by atoms with Crippen molar-refractivity contribution < 1.29 is 19.8 Å². The SMILES string of the molecule is C[N+]1(O)CCN(CC(=O)c2ccccc2)CC1O. The lowest BCUT2D eigenvalue weighted by Crippen LogP contribution is -2.62. The van der Waals surface area contributed by atoms with Crippen molar-refractivity contribution in [3.05, 3.63) is 35.9 Å². The molecule has 1 heterocycles. The zero-order valence-electron chi connectivity index (χ0n) is 10.5. The Balaban J connectivity index is 1.94. The molecule has 18 heavy (non-hydrogen) atoms. The van der Waals surface area contributed by atoms with Gasteiger partial charge in [-0.15, -0.1) is 0 Å². The van der Waals surface area contributed by atoms with Crippen LogP contribution in [0.5, 0.6) is 0 Å². The average Bonchev–Trinajstić information content (AvgIpc) is 2.35. The van der Waals surface area contributed by atoms with Crippen molar-refractivity contribution in [1.82, 2.24) is 4.90 Å². The number of likely N-dealkylation sites (N-methyl/N-ethyl adjacent to an activating group) is 1. The number of carbonyl (C=O) groups is 1. The van der Waals surface area contributed by atoms with Crippen molar-refractivity contribution in [3.8, 4) is 0 Å². The summed E-state index contributed by atoms with van der Waals surface area (Å²) in [4.78, 5) is 13.9. The first-order valence-corrected chi connectivity index (χ1v) is 6.06. The van der Waals surface area contributed by atoms with Crippen LogP contribution in [0, 0.1) is 0 Å². The molecule has 5 heteroatoms. The molecule has 0 spiro atoms. The van der Waals surface area contributed by atoms with Gasteiger partial charge in [0.25, 0.3) is 0 Å². The maximum absolute atomic E-state index is 12.0. The van der Waals surface area contributed by atoms with E-state index in [1.165, 1.54) is 0 Å². The molecular formula is C13H19N2O3+. The number of rotatable bonds is 3. The lowest BCUT2D eigenvalue weighted by Gasteiger charge is -2.39. The van der Waals surface area contributed by atoms with E-state index in [4.69, 9.17) is 0 Å². The van der Waals surface area contributed by atoms with Crippen LogP contribution in [0.3, 0.4) is 0 Å². The van der Waals surface area contributed by atoms with Crippen LogP contribution in [-0.2, 0) is 0 Å². The number of aliphatic hydroxyl groups is 1. The van der Waals surface area contributed by atoms with E-state index >= 15 is 0 Å². The van der Waals surface area contributed by atoms with E-state index in [9.17, 15) is 15.1 Å². The Kier molecular flexibility index (Phi) is 3.77. The van der Waals surface area contributed by atoms with Crippen LogP contribution >= 0.6 is 0 Å². The zero-order chi connectivity index (χ0) is 13.2. The molecule has 0 radical (unpaired) electrons. The number of hydrogen-bond acceptors (Lipinski definition) is 4. The molecule has 2 rings (SSSR count). The number of piperazine rings is 1. The molecule has 5 nitrogen and oxygen atoms in total. The van der Waals surface area contributed by atoms with Crippen LogP contribution in [-0.4, -0.2) is 65.1 Å². The van der Waals surface area contributed by atoms with Gasteiger partial charge in [-0.1, -0.05) is 30.3 Å². The number of aliphatic hydroxyl groups excluding tert-OH is 1. The molecule has 1 aromatic rings. The fourth-order valence-electron chi connectivity index (χ4n) is 2.05. The second kappa shape index (κ2) is 5.16. The van der Waals surface area contributed by atoms with Crippen molar-refractivity contribution in [1.29, 1.82) is 0 Å². The second-order valence-electron chi connectivity index (χ2n) is 4.94. The number of quaternary nitrogens is 1. The van der Waals surface area contributed by atoms with Gasteiger partial charge in [0.1, 0.15) is 13.6 Å². The van der Waals surface area contributed by atoms with Crippen molar-refractivity contribution in [2.24, 2.45) is 0 Å². The van der Waals surface area contributed by atoms with Gasteiger partial charge in [-0.25, -0.2) is 5.21 Å². The fourth-order valence-corrected chi connectivity index (χ4v) is 2.05. The van der Waals surface area contributed by atoms with Gasteiger partial charge in [-0.3, -0.25) is 9.69 Å². The molecule has 1 fully saturated rings. The fraction of sp³-hybridized carbons (Fsp3) is 0.462. The Morgan fingerprint density at radius 2 is 2.11 bits per heavy atom. The Morgan fingerprint density at radius 3 is 2.72 bits per heavy atom. The first-order chi connectivity index (χ1) is 8.49. The van der Waals surface area contributed by atoms with Gasteiger partial charge in [-0.05, 0) is 0 Å². The molecule has 0 aromatic heterocycles. The molecule has 0 aliphatic carbocycles. The summed E-state index contributed by atoms with van der Waals surface area (Å²) in [5.74, 6) is 0.0387. The monoisotopic (exact) mass is 251 g/mol. The number of hydrogen-bond donors (Lipinski definition) is 2. The summed E-state index contributed by atoms with van der Waals surface area (Å²) in [6.45, 7) is 1.61. The van der Waals surface area contributed by atoms with Crippen molar-refractivity contribution in [2.45, 2.75) is 6.23 Å². The highest BCUT2D eigenvalue weighted by atomic mass is 16.6. The van der Waals surface area contributed by atoms with Crippen LogP contribution in [0.25, 0.3) is 0 Å². The maximum Gasteiger partial charge on any atom is 0.233 e. The van der Waals surface area contributed by atoms with Gasteiger partial charge in [0.15, 0.2) is 5.78 Å². The van der Waals surface area contributed by atoms with E-state index in [0.717, 1.165) is 0 Å². The highest BCUT2D eigenvalue weighted by Crippen LogP contribution is 2.13. The summed E-state index contributed by atoms with van der Waals surface area (Å²) in [5.41, 5.74) is 0.679. The third-order valence-corrected chi connectivity index (χ3v) is 3.40. The molecule has 0 bridgehead atoms. The molecule has 1 aromatic carbocycles. The quantitative estimate of drug-likeness (QED) is 0.601. The Hall–Kier alpha value is -1.27. The van der Waals surface area contributed by atoms with Gasteiger partial charge in [0.05, 0.1) is 19.6 Å². The Bertz CT molecular complexity index is 420. The van der Waals surface area contributed by atoms with Crippen molar-refractivity contribution >= 4 is 5.78 Å². The van der Waals surface area contributed by atoms with Crippen LogP contribution in [0.4, 0.5) is 0 Å². The average molecular weight is 251 g/mol. The molecule has 98 valence electrons. The van der Waals surface area contributed by atoms with E-state index in [1.807, 2.05) is 23.1 Å². The molecule has 2 unspecified atom stereocenters. The van der Waals surface area contributed by atoms with Crippen LogP contribution in [0.15, 0.2) is 30.3 Å². The normalized spacial score (nSPS) is 29.2. The van der Waals surface area contributed by atoms with Gasteiger partial charge >= 0.3 is 0 Å². The molecule has 2 N–H and O–H groups in total. The largest absolute Gasteiger partial charge is 0.342 e. The topological polar surface area (TPSA) is 60.8 Å². The summed E-state index contributed by atoms with van der Waals surface area (Å²) in [6, 6.07) is 9.11. The first-order valence-electron chi connectivity index (χ1n) is 6.06. The second-order valence-corrected chi connectivity index (χ2v) is 4.94. The predicted molar refractivity (Wildman–Crippen MR) is 66.1 cm³/mol. The minimum absolute atomic E-state index is 0.0387. The van der Waals surface area contributed by atoms with Gasteiger partial charge in [-0.2, -0.15) is 4.65 Å². The number of benzene rings is 1. The summed E-state index contributed by atoms with van der Waals surface area (Å²) in [7, 11) is 1.57. The lowest BCUT2D eigenvalue weighted by molar-refractivity contribution is -1.12. The standard InChI is InChI=1S/C13H19N2O3/c1-15(18)8-7-14(10-13(15)17)9-12(16)11-5-3-2-4-6-11/h2-6,13,17-18H,7-10H2,1H3/q+1. The molecule has 0 saturated carbocycles. The van der Waals surface area contributed by atoms with Crippen molar-refractivity contribution in [2.75, 3.05) is 33.2 Å². The van der Waals surface area contributed by atoms with Gasteiger partial charge in [0.2, 0.25) is 6.23 Å². The number of hydroxylamine groups is 3. The van der Waals surface area contributed by atoms with Crippen LogP contribution in [0.2, 0.25) is 0 Å². The van der Waals surface area contributed by atoms with E-state index in [2.05, 4.69) is 0 Å². The third kappa shape index (κ3) is 2.94. The van der Waals surface area contributed by atoms with E-state index < -0.39 is 10.9 Å². The lowest BCUT2D eigenvalue weighted by atomic mass is 10.1. The predicted octanol–water partition coefficient (Wildman–Crippen LogP) is 0.339.